The first-order valence-corrected chi connectivity index (χ1v) is 6.61. The van der Waals surface area contributed by atoms with Crippen molar-refractivity contribution in [1.29, 1.82) is 0 Å². The van der Waals surface area contributed by atoms with Crippen LogP contribution in [0.15, 0.2) is 16.8 Å². The molecular weight excluding hydrogens is 274 g/mol. The molecule has 0 fully saturated rings. The van der Waals surface area contributed by atoms with Crippen molar-refractivity contribution < 1.29 is 18.9 Å². The largest absolute Gasteiger partial charge is 0.486 e. The van der Waals surface area contributed by atoms with Gasteiger partial charge in [-0.15, -0.1) is 0 Å². The quantitative estimate of drug-likeness (QED) is 0.918. The van der Waals surface area contributed by atoms with E-state index in [4.69, 9.17) is 9.47 Å². The topological polar surface area (TPSA) is 86.5 Å². The van der Waals surface area contributed by atoms with E-state index in [1.807, 2.05) is 13.0 Å². The van der Waals surface area contributed by atoms with Crippen LogP contribution < -0.4 is 14.8 Å². The number of carbonyl (C=O) groups excluding carboxylic acids is 1. The Kier molecular flexibility index (Phi) is 3.47. The number of nitrogens with one attached hydrogen (secondary N) is 1. The molecular formula is C14H15N3O4. The molecule has 1 aliphatic rings. The van der Waals surface area contributed by atoms with E-state index >= 15 is 0 Å². The Morgan fingerprint density at radius 1 is 1.19 bits per heavy atom. The molecule has 1 aromatic heterocycles. The van der Waals surface area contributed by atoms with Crippen molar-refractivity contribution >= 4 is 5.91 Å². The molecule has 1 N–H and O–H groups in total. The first kappa shape index (κ1) is 13.4. The second-order valence-corrected chi connectivity index (χ2v) is 4.79. The van der Waals surface area contributed by atoms with E-state index in [9.17, 15) is 4.79 Å². The van der Waals surface area contributed by atoms with Crippen molar-refractivity contribution in [3.63, 3.8) is 0 Å². The second-order valence-electron chi connectivity index (χ2n) is 4.79. The first-order chi connectivity index (χ1) is 10.1. The molecule has 0 saturated carbocycles. The van der Waals surface area contributed by atoms with Gasteiger partial charge in [0.15, 0.2) is 11.5 Å². The number of aryl methyl sites for hydroxylation is 2. The van der Waals surface area contributed by atoms with Gasteiger partial charge >= 0.3 is 0 Å². The zero-order valence-electron chi connectivity index (χ0n) is 11.8. The maximum Gasteiger partial charge on any atom is 0.252 e. The number of nitrogens with zero attached hydrogens (tertiary/aromatic N) is 2. The van der Waals surface area contributed by atoms with Gasteiger partial charge in [-0.3, -0.25) is 4.79 Å². The fraction of sp³-hybridized carbons (Fsp3) is 0.357. The summed E-state index contributed by atoms with van der Waals surface area (Å²) in [6, 6.07) is 3.51. The maximum atomic E-state index is 12.3. The molecule has 0 spiro atoms. The van der Waals surface area contributed by atoms with Gasteiger partial charge in [0.2, 0.25) is 0 Å². The van der Waals surface area contributed by atoms with E-state index in [2.05, 4.69) is 20.3 Å². The highest BCUT2D eigenvalue weighted by Gasteiger charge is 2.18. The van der Waals surface area contributed by atoms with E-state index in [-0.39, 0.29) is 12.5 Å². The Morgan fingerprint density at radius 3 is 2.57 bits per heavy atom. The van der Waals surface area contributed by atoms with Crippen molar-refractivity contribution in [2.45, 2.75) is 20.4 Å². The van der Waals surface area contributed by atoms with Crippen LogP contribution in [0.1, 0.15) is 27.3 Å². The lowest BCUT2D eigenvalue weighted by atomic mass is 10.1. The van der Waals surface area contributed by atoms with Crippen LogP contribution in [-0.2, 0) is 6.54 Å². The zero-order valence-corrected chi connectivity index (χ0v) is 11.8. The second kappa shape index (κ2) is 5.43. The summed E-state index contributed by atoms with van der Waals surface area (Å²) in [6.45, 7) is 4.91. The number of benzene rings is 1. The van der Waals surface area contributed by atoms with E-state index in [1.54, 1.807) is 13.0 Å². The molecule has 1 amide bonds. The normalized spacial score (nSPS) is 13.0. The fourth-order valence-corrected chi connectivity index (χ4v) is 2.10. The number of ether oxygens (including phenoxy) is 2. The van der Waals surface area contributed by atoms with Gasteiger partial charge in [-0.1, -0.05) is 10.3 Å². The van der Waals surface area contributed by atoms with Gasteiger partial charge < -0.3 is 14.8 Å². The Morgan fingerprint density at radius 2 is 1.90 bits per heavy atom. The third-order valence-corrected chi connectivity index (χ3v) is 3.30. The van der Waals surface area contributed by atoms with E-state index in [1.165, 1.54) is 0 Å². The number of hydrogen-bond donors (Lipinski definition) is 1. The Balaban J connectivity index is 1.76. The van der Waals surface area contributed by atoms with Gasteiger partial charge in [-0.05, 0) is 31.5 Å². The molecule has 21 heavy (non-hydrogen) atoms. The molecule has 2 heterocycles. The molecule has 1 aromatic carbocycles. The van der Waals surface area contributed by atoms with Crippen molar-refractivity contribution in [2.24, 2.45) is 0 Å². The molecule has 7 nitrogen and oxygen atoms in total. The summed E-state index contributed by atoms with van der Waals surface area (Å²) in [6.07, 6.45) is 0. The highest BCUT2D eigenvalue weighted by molar-refractivity contribution is 5.96. The van der Waals surface area contributed by atoms with Gasteiger partial charge in [0.1, 0.15) is 24.6 Å². The number of rotatable bonds is 3. The van der Waals surface area contributed by atoms with Crippen molar-refractivity contribution in [3.05, 3.63) is 34.6 Å². The molecule has 2 aromatic rings. The van der Waals surface area contributed by atoms with Gasteiger partial charge in [0.05, 0.1) is 6.54 Å². The van der Waals surface area contributed by atoms with Gasteiger partial charge in [-0.2, -0.15) is 0 Å². The Bertz CT molecular complexity index is 681. The Labute approximate surface area is 121 Å². The molecule has 0 radical (unpaired) electrons. The maximum absolute atomic E-state index is 12.3. The van der Waals surface area contributed by atoms with Crippen LogP contribution >= 0.6 is 0 Å². The van der Waals surface area contributed by atoms with Crippen LogP contribution in [0.25, 0.3) is 0 Å². The summed E-state index contributed by atoms with van der Waals surface area (Å²) >= 11 is 0. The lowest BCUT2D eigenvalue weighted by molar-refractivity contribution is 0.0948. The standard InChI is InChI=1S/C14H15N3O4/c1-8-5-12-13(20-4-3-19-12)6-10(8)14(18)15-7-11-9(2)16-21-17-11/h5-6H,3-4,7H2,1-2H3,(H,15,18). The number of aromatic nitrogens is 2. The van der Waals surface area contributed by atoms with Crippen molar-refractivity contribution in [1.82, 2.24) is 15.6 Å². The molecule has 0 atom stereocenters. The molecule has 110 valence electrons. The monoisotopic (exact) mass is 289 g/mol. The molecule has 7 heteroatoms. The van der Waals surface area contributed by atoms with Crippen molar-refractivity contribution in [2.75, 3.05) is 13.2 Å². The van der Waals surface area contributed by atoms with Crippen molar-refractivity contribution in [3.8, 4) is 11.5 Å². The molecule has 1 aliphatic heterocycles. The van der Waals surface area contributed by atoms with E-state index in [0.717, 1.165) is 5.56 Å². The van der Waals surface area contributed by atoms with Crippen LogP contribution in [0.5, 0.6) is 11.5 Å². The number of amides is 1. The van der Waals surface area contributed by atoms with E-state index < -0.39 is 0 Å². The highest BCUT2D eigenvalue weighted by atomic mass is 16.6. The third-order valence-electron chi connectivity index (χ3n) is 3.30. The molecule has 0 bridgehead atoms. The predicted octanol–water partition coefficient (Wildman–Crippen LogP) is 1.39. The minimum absolute atomic E-state index is 0.202. The number of carbonyl (C=O) groups is 1. The van der Waals surface area contributed by atoms with Gasteiger partial charge in [0, 0.05) is 5.56 Å². The number of fused-ring (bicyclic) bond motifs is 1. The Hall–Kier alpha value is -2.57. The van der Waals surface area contributed by atoms with Crippen LogP contribution in [0.2, 0.25) is 0 Å². The highest BCUT2D eigenvalue weighted by Crippen LogP contribution is 2.32. The summed E-state index contributed by atoms with van der Waals surface area (Å²) < 4.78 is 15.6. The molecule has 0 aliphatic carbocycles. The molecule has 3 rings (SSSR count). The minimum atomic E-state index is -0.202. The van der Waals surface area contributed by atoms with Crippen LogP contribution in [0.3, 0.4) is 0 Å². The SMILES string of the molecule is Cc1cc2c(cc1C(=O)NCc1nonc1C)OCCO2. The first-order valence-electron chi connectivity index (χ1n) is 6.61. The predicted molar refractivity (Wildman–Crippen MR) is 72.4 cm³/mol. The van der Waals surface area contributed by atoms with Crippen LogP contribution in [-0.4, -0.2) is 29.4 Å². The summed E-state index contributed by atoms with van der Waals surface area (Å²) in [5.41, 5.74) is 2.65. The van der Waals surface area contributed by atoms with Crippen LogP contribution in [0, 0.1) is 13.8 Å². The lowest BCUT2D eigenvalue weighted by Gasteiger charge is -2.20. The van der Waals surface area contributed by atoms with Crippen LogP contribution in [0.4, 0.5) is 0 Å². The van der Waals surface area contributed by atoms with Gasteiger partial charge in [-0.25, -0.2) is 4.63 Å². The lowest BCUT2D eigenvalue weighted by Crippen LogP contribution is -2.25. The smallest absolute Gasteiger partial charge is 0.252 e. The summed E-state index contributed by atoms with van der Waals surface area (Å²) in [5, 5.41) is 10.2. The fourth-order valence-electron chi connectivity index (χ4n) is 2.10. The summed E-state index contributed by atoms with van der Waals surface area (Å²) in [5.74, 6) is 1.06. The molecule has 0 unspecified atom stereocenters. The third kappa shape index (κ3) is 2.67. The average Bonchev–Trinajstić information content (AvgIpc) is 2.89. The number of hydrogen-bond acceptors (Lipinski definition) is 6. The minimum Gasteiger partial charge on any atom is -0.486 e. The average molecular weight is 289 g/mol. The summed E-state index contributed by atoms with van der Waals surface area (Å²) in [4.78, 5) is 12.3. The van der Waals surface area contributed by atoms with E-state index in [0.29, 0.717) is 41.7 Å². The van der Waals surface area contributed by atoms with Gasteiger partial charge in [0.25, 0.3) is 5.91 Å². The zero-order chi connectivity index (χ0) is 14.8. The summed E-state index contributed by atoms with van der Waals surface area (Å²) in [7, 11) is 0. The molecule has 0 saturated heterocycles.